The van der Waals surface area contributed by atoms with Gasteiger partial charge >= 0.3 is 0 Å². The van der Waals surface area contributed by atoms with Crippen LogP contribution in [0.15, 0.2) is 66.7 Å². The number of amides is 1. The molecular formula is C24H23N5O. The quantitative estimate of drug-likeness (QED) is 0.676. The Kier molecular flexibility index (Phi) is 5.71. The number of aryl methyl sites for hydroxylation is 1. The van der Waals surface area contributed by atoms with E-state index in [9.17, 15) is 4.79 Å². The number of nitrogens with zero attached hydrogens (tertiary/aromatic N) is 5. The molecule has 3 aromatic rings. The van der Waals surface area contributed by atoms with Gasteiger partial charge in [-0.25, -0.2) is 9.97 Å². The standard InChI is InChI=1S/C24H23N5O/c1-18-16-21(17-25)27-24(26-18)29-14-12-28(13-15-29)23(30)22(19-8-4-2-5-9-19)20-10-6-3-7-11-20/h2-11,16,22H,12-15H2,1H3. The van der Waals surface area contributed by atoms with E-state index in [1.807, 2.05) is 77.4 Å². The molecule has 4 rings (SSSR count). The molecule has 1 aliphatic heterocycles. The Hall–Kier alpha value is -3.72. The lowest BCUT2D eigenvalue weighted by molar-refractivity contribution is -0.132. The molecule has 1 aliphatic rings. The first-order valence-corrected chi connectivity index (χ1v) is 10.0. The Morgan fingerprint density at radius 1 is 0.933 bits per heavy atom. The van der Waals surface area contributed by atoms with E-state index in [0.29, 0.717) is 37.8 Å². The number of hydrogen-bond acceptors (Lipinski definition) is 5. The van der Waals surface area contributed by atoms with Gasteiger partial charge in [-0.05, 0) is 24.1 Å². The lowest BCUT2D eigenvalue weighted by Crippen LogP contribution is -2.50. The molecular weight excluding hydrogens is 374 g/mol. The Bertz CT molecular complexity index is 1010. The van der Waals surface area contributed by atoms with Crippen molar-refractivity contribution in [3.63, 3.8) is 0 Å². The summed E-state index contributed by atoms with van der Waals surface area (Å²) in [5.41, 5.74) is 3.13. The predicted octanol–water partition coefficient (Wildman–Crippen LogP) is 3.14. The van der Waals surface area contributed by atoms with Gasteiger partial charge in [-0.1, -0.05) is 60.7 Å². The molecule has 150 valence electrons. The highest BCUT2D eigenvalue weighted by molar-refractivity contribution is 5.87. The number of carbonyl (C=O) groups is 1. The smallest absolute Gasteiger partial charge is 0.234 e. The van der Waals surface area contributed by atoms with Crippen molar-refractivity contribution >= 4 is 11.9 Å². The maximum absolute atomic E-state index is 13.5. The van der Waals surface area contributed by atoms with Crippen LogP contribution in [0.2, 0.25) is 0 Å². The van der Waals surface area contributed by atoms with Crippen LogP contribution in [0.4, 0.5) is 5.95 Å². The summed E-state index contributed by atoms with van der Waals surface area (Å²) in [6.45, 7) is 4.31. The number of benzene rings is 2. The van der Waals surface area contributed by atoms with Crippen LogP contribution >= 0.6 is 0 Å². The summed E-state index contributed by atoms with van der Waals surface area (Å²) >= 11 is 0. The van der Waals surface area contributed by atoms with Gasteiger partial charge in [-0.15, -0.1) is 0 Å². The van der Waals surface area contributed by atoms with Crippen LogP contribution in [0.3, 0.4) is 0 Å². The number of piperazine rings is 1. The fraction of sp³-hybridized carbons (Fsp3) is 0.250. The predicted molar refractivity (Wildman–Crippen MR) is 115 cm³/mol. The highest BCUT2D eigenvalue weighted by atomic mass is 16.2. The van der Waals surface area contributed by atoms with Crippen LogP contribution < -0.4 is 4.90 Å². The van der Waals surface area contributed by atoms with E-state index in [2.05, 4.69) is 16.0 Å². The van der Waals surface area contributed by atoms with Crippen LogP contribution in [0.1, 0.15) is 28.4 Å². The summed E-state index contributed by atoms with van der Waals surface area (Å²) < 4.78 is 0. The summed E-state index contributed by atoms with van der Waals surface area (Å²) in [4.78, 5) is 26.3. The zero-order valence-electron chi connectivity index (χ0n) is 16.9. The van der Waals surface area contributed by atoms with E-state index in [4.69, 9.17) is 5.26 Å². The van der Waals surface area contributed by atoms with Crippen molar-refractivity contribution in [1.29, 1.82) is 5.26 Å². The lowest BCUT2D eigenvalue weighted by atomic mass is 9.90. The Balaban J connectivity index is 1.52. The molecule has 0 spiro atoms. The van der Waals surface area contributed by atoms with E-state index in [1.54, 1.807) is 6.07 Å². The average molecular weight is 397 g/mol. The molecule has 0 atom stereocenters. The first-order chi connectivity index (χ1) is 14.7. The number of carbonyl (C=O) groups excluding carboxylic acids is 1. The zero-order chi connectivity index (χ0) is 20.9. The molecule has 2 aromatic carbocycles. The zero-order valence-corrected chi connectivity index (χ0v) is 16.9. The molecule has 0 saturated carbocycles. The molecule has 1 amide bonds. The molecule has 1 saturated heterocycles. The second-order valence-corrected chi connectivity index (χ2v) is 7.37. The van der Waals surface area contributed by atoms with Crippen LogP contribution in [-0.4, -0.2) is 47.0 Å². The second kappa shape index (κ2) is 8.75. The third kappa shape index (κ3) is 4.15. The molecule has 1 fully saturated rings. The van der Waals surface area contributed by atoms with Gasteiger partial charge in [-0.2, -0.15) is 5.26 Å². The minimum atomic E-state index is -0.320. The molecule has 6 nitrogen and oxygen atoms in total. The second-order valence-electron chi connectivity index (χ2n) is 7.37. The van der Waals surface area contributed by atoms with Crippen molar-refractivity contribution < 1.29 is 4.79 Å². The fourth-order valence-corrected chi connectivity index (χ4v) is 3.83. The summed E-state index contributed by atoms with van der Waals surface area (Å²) in [5.74, 6) is 0.343. The maximum Gasteiger partial charge on any atom is 0.234 e. The number of anilines is 1. The number of hydrogen-bond donors (Lipinski definition) is 0. The Morgan fingerprint density at radius 3 is 2.03 bits per heavy atom. The normalized spacial score (nSPS) is 13.9. The van der Waals surface area contributed by atoms with E-state index in [0.717, 1.165) is 16.8 Å². The van der Waals surface area contributed by atoms with Gasteiger partial charge < -0.3 is 9.80 Å². The molecule has 6 heteroatoms. The van der Waals surface area contributed by atoms with Crippen molar-refractivity contribution in [3.8, 4) is 6.07 Å². The largest absolute Gasteiger partial charge is 0.338 e. The number of nitriles is 1. The van der Waals surface area contributed by atoms with Crippen LogP contribution in [0.25, 0.3) is 0 Å². The van der Waals surface area contributed by atoms with E-state index >= 15 is 0 Å². The highest BCUT2D eigenvalue weighted by Crippen LogP contribution is 2.27. The molecule has 0 N–H and O–H groups in total. The minimum absolute atomic E-state index is 0.106. The van der Waals surface area contributed by atoms with Crippen molar-refractivity contribution in [2.24, 2.45) is 0 Å². The van der Waals surface area contributed by atoms with Crippen molar-refractivity contribution in [3.05, 3.63) is 89.2 Å². The minimum Gasteiger partial charge on any atom is -0.338 e. The molecule has 2 heterocycles. The summed E-state index contributed by atoms with van der Waals surface area (Å²) in [5, 5.41) is 9.17. The number of aromatic nitrogens is 2. The van der Waals surface area contributed by atoms with E-state index < -0.39 is 0 Å². The van der Waals surface area contributed by atoms with Crippen molar-refractivity contribution in [2.45, 2.75) is 12.8 Å². The summed E-state index contributed by atoms with van der Waals surface area (Å²) in [6.07, 6.45) is 0. The molecule has 0 aliphatic carbocycles. The monoisotopic (exact) mass is 397 g/mol. The SMILES string of the molecule is Cc1cc(C#N)nc(N2CCN(C(=O)C(c3ccccc3)c3ccccc3)CC2)n1. The van der Waals surface area contributed by atoms with E-state index in [-0.39, 0.29) is 11.8 Å². The van der Waals surface area contributed by atoms with Crippen molar-refractivity contribution in [2.75, 3.05) is 31.1 Å². The van der Waals surface area contributed by atoms with Crippen LogP contribution in [-0.2, 0) is 4.79 Å². The Labute approximate surface area is 176 Å². The van der Waals surface area contributed by atoms with Gasteiger partial charge in [0.1, 0.15) is 11.8 Å². The Morgan fingerprint density at radius 2 is 1.50 bits per heavy atom. The highest BCUT2D eigenvalue weighted by Gasteiger charge is 2.30. The van der Waals surface area contributed by atoms with Gasteiger partial charge in [0.2, 0.25) is 11.9 Å². The van der Waals surface area contributed by atoms with Crippen molar-refractivity contribution in [1.82, 2.24) is 14.9 Å². The summed E-state index contributed by atoms with van der Waals surface area (Å²) in [6, 6.07) is 23.6. The van der Waals surface area contributed by atoms with Gasteiger partial charge in [0.15, 0.2) is 0 Å². The third-order valence-corrected chi connectivity index (χ3v) is 5.34. The number of rotatable bonds is 4. The average Bonchev–Trinajstić information content (AvgIpc) is 2.80. The summed E-state index contributed by atoms with van der Waals surface area (Å²) in [7, 11) is 0. The van der Waals surface area contributed by atoms with Gasteiger partial charge in [0.25, 0.3) is 0 Å². The van der Waals surface area contributed by atoms with Crippen LogP contribution in [0.5, 0.6) is 0 Å². The van der Waals surface area contributed by atoms with E-state index in [1.165, 1.54) is 0 Å². The lowest BCUT2D eigenvalue weighted by Gasteiger charge is -2.36. The molecule has 0 bridgehead atoms. The van der Waals surface area contributed by atoms with Gasteiger partial charge in [0.05, 0.1) is 5.92 Å². The first kappa shape index (κ1) is 19.6. The first-order valence-electron chi connectivity index (χ1n) is 10.0. The topological polar surface area (TPSA) is 73.1 Å². The third-order valence-electron chi connectivity index (χ3n) is 5.34. The molecule has 0 radical (unpaired) electrons. The molecule has 1 aromatic heterocycles. The fourth-order valence-electron chi connectivity index (χ4n) is 3.83. The van der Waals surface area contributed by atoms with Crippen LogP contribution in [0, 0.1) is 18.3 Å². The van der Waals surface area contributed by atoms with Gasteiger partial charge in [-0.3, -0.25) is 4.79 Å². The van der Waals surface area contributed by atoms with Gasteiger partial charge in [0, 0.05) is 31.9 Å². The molecule has 30 heavy (non-hydrogen) atoms. The maximum atomic E-state index is 13.5. The molecule has 0 unspecified atom stereocenters.